The molecule has 6 nitrogen and oxygen atoms in total. The van der Waals surface area contributed by atoms with Gasteiger partial charge in [-0.25, -0.2) is 0 Å². The quantitative estimate of drug-likeness (QED) is 0.733. The van der Waals surface area contributed by atoms with Gasteiger partial charge in [0.15, 0.2) is 6.61 Å². The Morgan fingerprint density at radius 3 is 2.39 bits per heavy atom. The van der Waals surface area contributed by atoms with Crippen LogP contribution in [0.1, 0.15) is 31.2 Å². The van der Waals surface area contributed by atoms with Crippen LogP contribution in [0.2, 0.25) is 5.02 Å². The van der Waals surface area contributed by atoms with Crippen LogP contribution in [0.4, 0.5) is 5.69 Å². The summed E-state index contributed by atoms with van der Waals surface area (Å²) < 4.78 is 10.9. The first-order chi connectivity index (χ1) is 15.1. The van der Waals surface area contributed by atoms with Crippen molar-refractivity contribution in [3.63, 3.8) is 0 Å². The number of nitrogens with zero attached hydrogens (tertiary/aromatic N) is 1. The van der Waals surface area contributed by atoms with E-state index >= 15 is 0 Å². The average Bonchev–Trinajstić information content (AvgIpc) is 3.30. The highest BCUT2D eigenvalue weighted by atomic mass is 35.5. The van der Waals surface area contributed by atoms with Gasteiger partial charge in [0.05, 0.1) is 18.6 Å². The molecule has 1 saturated carbocycles. The van der Waals surface area contributed by atoms with Gasteiger partial charge in [-0.2, -0.15) is 0 Å². The minimum absolute atomic E-state index is 0.0126. The van der Waals surface area contributed by atoms with Crippen molar-refractivity contribution in [1.29, 1.82) is 0 Å². The maximum absolute atomic E-state index is 13.3. The predicted octanol–water partition coefficient (Wildman–Crippen LogP) is 4.03. The van der Waals surface area contributed by atoms with Crippen LogP contribution in [0.25, 0.3) is 0 Å². The van der Waals surface area contributed by atoms with Gasteiger partial charge >= 0.3 is 0 Å². The monoisotopic (exact) mass is 442 g/mol. The number of carbonyl (C=O) groups excluding carboxylic acids is 2. The Kier molecular flexibility index (Phi) is 6.78. The molecule has 7 heteroatoms. The molecule has 4 rings (SSSR count). The molecule has 0 spiro atoms. The van der Waals surface area contributed by atoms with E-state index in [1.807, 2.05) is 24.3 Å². The van der Waals surface area contributed by atoms with E-state index in [0.29, 0.717) is 42.8 Å². The zero-order chi connectivity index (χ0) is 21.7. The van der Waals surface area contributed by atoms with E-state index in [-0.39, 0.29) is 18.4 Å². The number of benzene rings is 2. The SMILES string of the molecule is O=C(COc1ccc(NC(=O)C2(c3ccccc3Cl)CCCC2)cc1)N1CCOCC1. The van der Waals surface area contributed by atoms with E-state index in [1.54, 1.807) is 29.2 Å². The lowest BCUT2D eigenvalue weighted by Gasteiger charge is -2.29. The van der Waals surface area contributed by atoms with Crippen molar-refractivity contribution in [2.45, 2.75) is 31.1 Å². The molecule has 0 unspecified atom stereocenters. The summed E-state index contributed by atoms with van der Waals surface area (Å²) in [5.41, 5.74) is 0.987. The van der Waals surface area contributed by atoms with E-state index in [2.05, 4.69) is 5.32 Å². The lowest BCUT2D eigenvalue weighted by molar-refractivity contribution is -0.137. The first-order valence-electron chi connectivity index (χ1n) is 10.7. The van der Waals surface area contributed by atoms with Gasteiger partial charge in [-0.1, -0.05) is 42.6 Å². The molecule has 2 aromatic rings. The first kappa shape index (κ1) is 21.7. The number of nitrogens with one attached hydrogen (secondary N) is 1. The summed E-state index contributed by atoms with van der Waals surface area (Å²) in [6, 6.07) is 14.7. The molecule has 0 bridgehead atoms. The highest BCUT2D eigenvalue weighted by Crippen LogP contribution is 2.44. The largest absolute Gasteiger partial charge is 0.484 e. The summed E-state index contributed by atoms with van der Waals surface area (Å²) >= 11 is 6.44. The molecule has 0 aromatic heterocycles. The molecule has 2 amide bonds. The number of anilines is 1. The van der Waals surface area contributed by atoms with Crippen LogP contribution in [-0.2, 0) is 19.7 Å². The second kappa shape index (κ2) is 9.71. The number of rotatable bonds is 6. The molecule has 1 heterocycles. The third-order valence-corrected chi connectivity index (χ3v) is 6.45. The van der Waals surface area contributed by atoms with E-state index in [9.17, 15) is 9.59 Å². The fourth-order valence-corrected chi connectivity index (χ4v) is 4.70. The molecule has 1 N–H and O–H groups in total. The van der Waals surface area contributed by atoms with E-state index in [1.165, 1.54) is 0 Å². The lowest BCUT2D eigenvalue weighted by Crippen LogP contribution is -2.42. The Morgan fingerprint density at radius 1 is 1.03 bits per heavy atom. The molecule has 2 aliphatic rings. The summed E-state index contributed by atoms with van der Waals surface area (Å²) in [5, 5.41) is 3.68. The Balaban J connectivity index is 1.38. The minimum atomic E-state index is -0.599. The van der Waals surface area contributed by atoms with Crippen LogP contribution in [0, 0.1) is 0 Å². The molecule has 0 atom stereocenters. The zero-order valence-corrected chi connectivity index (χ0v) is 18.2. The van der Waals surface area contributed by atoms with Crippen LogP contribution in [-0.4, -0.2) is 49.6 Å². The van der Waals surface area contributed by atoms with Gasteiger partial charge in [-0.3, -0.25) is 9.59 Å². The summed E-state index contributed by atoms with van der Waals surface area (Å²) in [6.45, 7) is 2.31. The predicted molar refractivity (Wildman–Crippen MR) is 120 cm³/mol. The maximum atomic E-state index is 13.3. The van der Waals surface area contributed by atoms with E-state index in [0.717, 1.165) is 31.2 Å². The molecule has 1 saturated heterocycles. The normalized spacial score (nSPS) is 17.9. The van der Waals surface area contributed by atoms with Crippen LogP contribution in [0.15, 0.2) is 48.5 Å². The van der Waals surface area contributed by atoms with Crippen LogP contribution >= 0.6 is 11.6 Å². The Labute approximate surface area is 187 Å². The summed E-state index contributed by atoms with van der Waals surface area (Å²) in [7, 11) is 0. The molecule has 164 valence electrons. The van der Waals surface area contributed by atoms with Crippen LogP contribution in [0.5, 0.6) is 5.75 Å². The van der Waals surface area contributed by atoms with Crippen molar-refractivity contribution in [1.82, 2.24) is 4.90 Å². The fourth-order valence-electron chi connectivity index (χ4n) is 4.38. The smallest absolute Gasteiger partial charge is 0.260 e. The van der Waals surface area contributed by atoms with Gasteiger partial charge in [0.1, 0.15) is 5.75 Å². The molecule has 2 aromatic carbocycles. The fraction of sp³-hybridized carbons (Fsp3) is 0.417. The van der Waals surface area contributed by atoms with Gasteiger partial charge in [-0.15, -0.1) is 0 Å². The summed E-state index contributed by atoms with van der Waals surface area (Å²) in [6.07, 6.45) is 3.58. The van der Waals surface area contributed by atoms with Crippen LogP contribution < -0.4 is 10.1 Å². The zero-order valence-electron chi connectivity index (χ0n) is 17.4. The lowest BCUT2D eigenvalue weighted by atomic mass is 9.78. The third kappa shape index (κ3) is 4.86. The number of halogens is 1. The maximum Gasteiger partial charge on any atom is 0.260 e. The molecular formula is C24H27ClN2O4. The standard InChI is InChI=1S/C24H27ClN2O4/c25-21-6-2-1-5-20(21)24(11-3-4-12-24)23(29)26-18-7-9-19(10-8-18)31-17-22(28)27-13-15-30-16-14-27/h1-2,5-10H,3-4,11-17H2,(H,26,29). The highest BCUT2D eigenvalue weighted by molar-refractivity contribution is 6.31. The van der Waals surface area contributed by atoms with Crippen molar-refractivity contribution in [3.8, 4) is 5.75 Å². The highest BCUT2D eigenvalue weighted by Gasteiger charge is 2.43. The molecule has 1 aliphatic heterocycles. The number of amides is 2. The third-order valence-electron chi connectivity index (χ3n) is 6.12. The Hall–Kier alpha value is -2.57. The second-order valence-corrected chi connectivity index (χ2v) is 8.44. The van der Waals surface area contributed by atoms with Gasteiger partial charge in [-0.05, 0) is 48.7 Å². The van der Waals surface area contributed by atoms with Gasteiger partial charge in [0.25, 0.3) is 5.91 Å². The van der Waals surface area contributed by atoms with Crippen LogP contribution in [0.3, 0.4) is 0 Å². The average molecular weight is 443 g/mol. The minimum Gasteiger partial charge on any atom is -0.484 e. The van der Waals surface area contributed by atoms with Crippen molar-refractivity contribution in [2.75, 3.05) is 38.2 Å². The van der Waals surface area contributed by atoms with Gasteiger partial charge < -0.3 is 19.7 Å². The molecule has 1 aliphatic carbocycles. The number of ether oxygens (including phenoxy) is 2. The molecule has 31 heavy (non-hydrogen) atoms. The molecular weight excluding hydrogens is 416 g/mol. The molecule has 0 radical (unpaired) electrons. The summed E-state index contributed by atoms with van der Waals surface area (Å²) in [5.74, 6) is 0.499. The topological polar surface area (TPSA) is 67.9 Å². The number of hydrogen-bond acceptors (Lipinski definition) is 4. The van der Waals surface area contributed by atoms with Gasteiger partial charge in [0.2, 0.25) is 5.91 Å². The van der Waals surface area contributed by atoms with E-state index in [4.69, 9.17) is 21.1 Å². The van der Waals surface area contributed by atoms with Gasteiger partial charge in [0, 0.05) is 23.8 Å². The Morgan fingerprint density at radius 2 is 1.71 bits per heavy atom. The van der Waals surface area contributed by atoms with E-state index < -0.39 is 5.41 Å². The van der Waals surface area contributed by atoms with Crippen molar-refractivity contribution in [2.24, 2.45) is 0 Å². The number of carbonyl (C=O) groups is 2. The van der Waals surface area contributed by atoms with Crippen molar-refractivity contribution in [3.05, 3.63) is 59.1 Å². The van der Waals surface area contributed by atoms with Crippen molar-refractivity contribution < 1.29 is 19.1 Å². The Bertz CT molecular complexity index is 919. The number of morpholine rings is 1. The second-order valence-electron chi connectivity index (χ2n) is 8.03. The molecule has 2 fully saturated rings. The number of hydrogen-bond donors (Lipinski definition) is 1. The summed E-state index contributed by atoms with van der Waals surface area (Å²) in [4.78, 5) is 27.3. The first-order valence-corrected chi connectivity index (χ1v) is 11.1. The van der Waals surface area contributed by atoms with Crippen molar-refractivity contribution >= 4 is 29.1 Å².